The summed E-state index contributed by atoms with van der Waals surface area (Å²) in [5, 5.41) is 3.86. The van der Waals surface area contributed by atoms with E-state index in [-0.39, 0.29) is 16.0 Å². The molecule has 1 aromatic heterocycles. The fraction of sp³-hybridized carbons (Fsp3) is 0.261. The third kappa shape index (κ3) is 4.81. The Morgan fingerprint density at radius 3 is 2.45 bits per heavy atom. The highest BCUT2D eigenvalue weighted by molar-refractivity contribution is 7.89. The van der Waals surface area contributed by atoms with Gasteiger partial charge in [0.25, 0.3) is 15.9 Å². The second kappa shape index (κ2) is 9.16. The average Bonchev–Trinajstić information content (AvgIpc) is 2.74. The molecule has 2 aromatic carbocycles. The van der Waals surface area contributed by atoms with Crippen molar-refractivity contribution >= 4 is 32.8 Å². The number of aromatic nitrogens is 1. The summed E-state index contributed by atoms with van der Waals surface area (Å²) in [6.07, 6.45) is 0. The number of pyridine rings is 1. The van der Waals surface area contributed by atoms with Gasteiger partial charge >= 0.3 is 5.97 Å². The summed E-state index contributed by atoms with van der Waals surface area (Å²) in [5.74, 6) is -1.73. The number of hydrogen-bond donors (Lipinski definition) is 1. The standard InChI is InChI=1S/C23H23N3O6S/c1-15-11-17(21-5-3-4-6-22(21)25-15)14-31-19-7-9-20(10-8-19)33(29,30)26(16(2)27)32-23(28)18-12-24-13-18/h3-11,18,24H,12-14H2,1-2H3. The highest BCUT2D eigenvalue weighted by Gasteiger charge is 2.35. The number of nitrogens with one attached hydrogen (secondary N) is 1. The molecule has 0 aliphatic carbocycles. The first-order valence-corrected chi connectivity index (χ1v) is 11.8. The van der Waals surface area contributed by atoms with E-state index in [1.807, 2.05) is 37.3 Å². The Hall–Kier alpha value is -3.50. The van der Waals surface area contributed by atoms with E-state index < -0.39 is 27.8 Å². The van der Waals surface area contributed by atoms with Gasteiger partial charge in [0.05, 0.1) is 16.3 Å². The van der Waals surface area contributed by atoms with Crippen LogP contribution in [0.2, 0.25) is 0 Å². The minimum Gasteiger partial charge on any atom is -0.489 e. The van der Waals surface area contributed by atoms with Gasteiger partial charge < -0.3 is 14.9 Å². The number of rotatable bonds is 6. The van der Waals surface area contributed by atoms with Crippen LogP contribution in [0.5, 0.6) is 5.75 Å². The number of nitrogens with zero attached hydrogens (tertiary/aromatic N) is 2. The lowest BCUT2D eigenvalue weighted by Crippen LogP contribution is -2.50. The molecule has 0 spiro atoms. The topological polar surface area (TPSA) is 115 Å². The van der Waals surface area contributed by atoms with Crippen molar-refractivity contribution in [2.75, 3.05) is 13.1 Å². The molecule has 10 heteroatoms. The summed E-state index contributed by atoms with van der Waals surface area (Å²) in [5.41, 5.74) is 2.69. The van der Waals surface area contributed by atoms with Crippen molar-refractivity contribution in [3.63, 3.8) is 0 Å². The van der Waals surface area contributed by atoms with Gasteiger partial charge in [-0.1, -0.05) is 22.7 Å². The highest BCUT2D eigenvalue weighted by Crippen LogP contribution is 2.24. The molecule has 0 saturated carbocycles. The summed E-state index contributed by atoms with van der Waals surface area (Å²) in [7, 11) is -4.37. The van der Waals surface area contributed by atoms with Gasteiger partial charge in [-0.2, -0.15) is 8.42 Å². The summed E-state index contributed by atoms with van der Waals surface area (Å²) in [6, 6.07) is 15.3. The molecule has 1 fully saturated rings. The number of para-hydroxylation sites is 1. The largest absolute Gasteiger partial charge is 0.489 e. The first-order valence-electron chi connectivity index (χ1n) is 10.3. The van der Waals surface area contributed by atoms with Gasteiger partial charge in [0, 0.05) is 36.7 Å². The molecule has 3 aromatic rings. The Kier molecular flexibility index (Phi) is 6.30. The molecule has 33 heavy (non-hydrogen) atoms. The molecule has 1 N–H and O–H groups in total. The van der Waals surface area contributed by atoms with Crippen LogP contribution < -0.4 is 10.1 Å². The predicted molar refractivity (Wildman–Crippen MR) is 119 cm³/mol. The molecule has 2 heterocycles. The van der Waals surface area contributed by atoms with Crippen LogP contribution in [-0.4, -0.2) is 42.8 Å². The lowest BCUT2D eigenvalue weighted by atomic mass is 10.1. The van der Waals surface area contributed by atoms with E-state index in [2.05, 4.69) is 10.3 Å². The maximum absolute atomic E-state index is 12.9. The lowest BCUT2D eigenvalue weighted by molar-refractivity contribution is -0.183. The van der Waals surface area contributed by atoms with Gasteiger partial charge in [-0.15, -0.1) is 0 Å². The zero-order chi connectivity index (χ0) is 23.6. The number of sulfonamides is 1. The van der Waals surface area contributed by atoms with Gasteiger partial charge in [0.2, 0.25) is 0 Å². The van der Waals surface area contributed by atoms with E-state index in [4.69, 9.17) is 9.57 Å². The third-order valence-electron chi connectivity index (χ3n) is 5.21. The first kappa shape index (κ1) is 22.7. The summed E-state index contributed by atoms with van der Waals surface area (Å²) < 4.78 is 31.7. The van der Waals surface area contributed by atoms with Crippen molar-refractivity contribution in [2.45, 2.75) is 25.3 Å². The van der Waals surface area contributed by atoms with Crippen molar-refractivity contribution in [1.82, 2.24) is 14.8 Å². The highest BCUT2D eigenvalue weighted by atomic mass is 32.2. The average molecular weight is 470 g/mol. The molecule has 0 bridgehead atoms. The quantitative estimate of drug-likeness (QED) is 0.547. The number of amides is 1. The Labute approximate surface area is 191 Å². The molecule has 1 aliphatic heterocycles. The van der Waals surface area contributed by atoms with E-state index in [9.17, 15) is 18.0 Å². The minimum absolute atomic E-state index is 0.134. The zero-order valence-corrected chi connectivity index (χ0v) is 19.0. The first-order chi connectivity index (χ1) is 15.8. The number of fused-ring (bicyclic) bond motifs is 1. The van der Waals surface area contributed by atoms with Crippen LogP contribution in [0.4, 0.5) is 0 Å². The number of hydroxylamine groups is 1. The fourth-order valence-corrected chi connectivity index (χ4v) is 4.55. The molecule has 0 unspecified atom stereocenters. The lowest BCUT2D eigenvalue weighted by Gasteiger charge is -2.27. The van der Waals surface area contributed by atoms with Crippen LogP contribution in [0.25, 0.3) is 10.9 Å². The third-order valence-corrected chi connectivity index (χ3v) is 6.85. The number of aryl methyl sites for hydroxylation is 1. The van der Waals surface area contributed by atoms with Crippen LogP contribution in [0.15, 0.2) is 59.5 Å². The van der Waals surface area contributed by atoms with E-state index >= 15 is 0 Å². The van der Waals surface area contributed by atoms with Crippen molar-refractivity contribution < 1.29 is 27.6 Å². The predicted octanol–water partition coefficient (Wildman–Crippen LogP) is 2.34. The number of carbonyl (C=O) groups excluding carboxylic acids is 2. The Bertz CT molecular complexity index is 1300. The van der Waals surface area contributed by atoms with Crippen LogP contribution in [0.3, 0.4) is 0 Å². The van der Waals surface area contributed by atoms with Crippen molar-refractivity contribution in [3.8, 4) is 5.75 Å². The molecule has 4 rings (SSSR count). The molecule has 9 nitrogen and oxygen atoms in total. The van der Waals surface area contributed by atoms with Crippen molar-refractivity contribution in [1.29, 1.82) is 0 Å². The molecular formula is C23H23N3O6S. The second-order valence-electron chi connectivity index (χ2n) is 7.72. The van der Waals surface area contributed by atoms with Crippen LogP contribution in [-0.2, 0) is 31.1 Å². The molecular weight excluding hydrogens is 446 g/mol. The van der Waals surface area contributed by atoms with Gasteiger partial charge in [0.1, 0.15) is 12.4 Å². The van der Waals surface area contributed by atoms with Crippen molar-refractivity contribution in [2.24, 2.45) is 5.92 Å². The van der Waals surface area contributed by atoms with Gasteiger partial charge in [-0.3, -0.25) is 9.78 Å². The second-order valence-corrected chi connectivity index (χ2v) is 9.47. The van der Waals surface area contributed by atoms with E-state index in [0.29, 0.717) is 18.8 Å². The molecule has 1 aliphatic rings. The maximum Gasteiger partial charge on any atom is 0.339 e. The van der Waals surface area contributed by atoms with Crippen LogP contribution in [0.1, 0.15) is 18.2 Å². The summed E-state index contributed by atoms with van der Waals surface area (Å²) >= 11 is 0. The van der Waals surface area contributed by atoms with Crippen molar-refractivity contribution in [3.05, 3.63) is 65.9 Å². The normalized spacial score (nSPS) is 13.9. The number of carbonyl (C=O) groups is 2. The summed E-state index contributed by atoms with van der Waals surface area (Å²) in [6.45, 7) is 3.95. The molecule has 172 valence electrons. The van der Waals surface area contributed by atoms with Gasteiger partial charge in [-0.05, 0) is 43.3 Å². The SMILES string of the molecule is CC(=O)N(OC(=O)C1CNC1)S(=O)(=O)c1ccc(OCc2cc(C)nc3ccccc23)cc1. The molecule has 1 saturated heterocycles. The number of ether oxygens (including phenoxy) is 1. The fourth-order valence-electron chi connectivity index (χ4n) is 3.37. The monoisotopic (exact) mass is 469 g/mol. The Balaban J connectivity index is 1.49. The smallest absolute Gasteiger partial charge is 0.339 e. The van der Waals surface area contributed by atoms with E-state index in [1.54, 1.807) is 0 Å². The number of benzene rings is 2. The zero-order valence-electron chi connectivity index (χ0n) is 18.1. The van der Waals surface area contributed by atoms with Crippen LogP contribution in [0, 0.1) is 12.8 Å². The Morgan fingerprint density at radius 2 is 1.82 bits per heavy atom. The van der Waals surface area contributed by atoms with Gasteiger partial charge in [-0.25, -0.2) is 4.79 Å². The van der Waals surface area contributed by atoms with E-state index in [1.165, 1.54) is 24.3 Å². The minimum atomic E-state index is -4.37. The molecule has 1 amide bonds. The number of hydrogen-bond acceptors (Lipinski definition) is 8. The van der Waals surface area contributed by atoms with Crippen LogP contribution >= 0.6 is 0 Å². The maximum atomic E-state index is 12.9. The Morgan fingerprint density at radius 1 is 1.12 bits per heavy atom. The summed E-state index contributed by atoms with van der Waals surface area (Å²) in [4.78, 5) is 33.2. The van der Waals surface area contributed by atoms with Gasteiger partial charge in [0.15, 0.2) is 0 Å². The van der Waals surface area contributed by atoms with E-state index in [0.717, 1.165) is 29.1 Å². The molecule has 0 radical (unpaired) electrons. The molecule has 0 atom stereocenters.